The van der Waals surface area contributed by atoms with Crippen molar-refractivity contribution in [1.29, 1.82) is 0 Å². The van der Waals surface area contributed by atoms with Gasteiger partial charge in [-0.3, -0.25) is 14.4 Å². The lowest BCUT2D eigenvalue weighted by Gasteiger charge is -2.35. The number of hydrogen-bond donors (Lipinski definition) is 3. The summed E-state index contributed by atoms with van der Waals surface area (Å²) < 4.78 is 34.3. The monoisotopic (exact) mass is 483 g/mol. The maximum atomic E-state index is 13.3. The van der Waals surface area contributed by atoms with E-state index in [1.165, 1.54) is 37.3 Å². The summed E-state index contributed by atoms with van der Waals surface area (Å²) in [7, 11) is -3.98. The van der Waals surface area contributed by atoms with Crippen molar-refractivity contribution in [2.75, 3.05) is 22.7 Å². The van der Waals surface area contributed by atoms with Crippen LogP contribution in [-0.4, -0.2) is 44.7 Å². The molecule has 2 aromatic carbocycles. The molecule has 29 heavy (non-hydrogen) atoms. The van der Waals surface area contributed by atoms with Crippen LogP contribution in [0, 0.1) is 0 Å². The number of carbonyl (C=O) groups is 2. The van der Waals surface area contributed by atoms with Crippen molar-refractivity contribution in [3.63, 3.8) is 0 Å². The molecular weight excluding hydrogens is 466 g/mol. The van der Waals surface area contributed by atoms with E-state index in [-0.39, 0.29) is 41.0 Å². The Balaban J connectivity index is 2.05. The molecule has 1 atom stereocenters. The lowest BCUT2D eigenvalue weighted by Crippen LogP contribution is -2.48. The molecule has 0 radical (unpaired) electrons. The maximum absolute atomic E-state index is 13.3. The lowest BCUT2D eigenvalue weighted by atomic mass is 10.2. The van der Waals surface area contributed by atoms with Crippen LogP contribution in [0.1, 0.15) is 6.92 Å². The molecule has 0 saturated carbocycles. The molecule has 2 amide bonds. The van der Waals surface area contributed by atoms with E-state index in [1.54, 1.807) is 12.1 Å². The summed E-state index contributed by atoms with van der Waals surface area (Å²) in [4.78, 5) is 22.3. The molecule has 2 aromatic rings. The van der Waals surface area contributed by atoms with Gasteiger partial charge in [-0.25, -0.2) is 13.2 Å². The van der Waals surface area contributed by atoms with Crippen molar-refractivity contribution in [3.8, 4) is 5.75 Å². The van der Waals surface area contributed by atoms with Crippen molar-refractivity contribution < 1.29 is 27.9 Å². The number of nitrogens with zero attached hydrogens (tertiary/aromatic N) is 1. The van der Waals surface area contributed by atoms with Gasteiger partial charge in [-0.05, 0) is 36.4 Å². The van der Waals surface area contributed by atoms with Crippen molar-refractivity contribution in [2.24, 2.45) is 0 Å². The summed E-state index contributed by atoms with van der Waals surface area (Å²) in [5.41, 5.74) is 0.407. The van der Waals surface area contributed by atoms with E-state index in [0.717, 1.165) is 4.31 Å². The molecule has 0 spiro atoms. The van der Waals surface area contributed by atoms with Crippen molar-refractivity contribution >= 4 is 49.3 Å². The standard InChI is InChI=1S/C18H18BrN3O6S/c1-11(23)20-9-14-10-22(29(26,27)15-4-2-3-12(19)7-15)16-8-13(21-18(24)25)5-6-17(16)28-14/h2-8,14,21H,9-10H2,1H3,(H,20,23)(H,24,25). The van der Waals surface area contributed by atoms with Gasteiger partial charge in [-0.1, -0.05) is 22.0 Å². The van der Waals surface area contributed by atoms with E-state index in [4.69, 9.17) is 9.84 Å². The Morgan fingerprint density at radius 3 is 2.69 bits per heavy atom. The predicted molar refractivity (Wildman–Crippen MR) is 110 cm³/mol. The Bertz CT molecular complexity index is 1060. The summed E-state index contributed by atoms with van der Waals surface area (Å²) in [6.07, 6.45) is -1.89. The fraction of sp³-hybridized carbons (Fsp3) is 0.222. The largest absolute Gasteiger partial charge is 0.484 e. The normalized spacial score (nSPS) is 15.8. The number of carboxylic acid groups (broad SMARTS) is 1. The number of nitrogens with one attached hydrogen (secondary N) is 2. The van der Waals surface area contributed by atoms with Gasteiger partial charge in [0.05, 0.1) is 23.7 Å². The van der Waals surface area contributed by atoms with Gasteiger partial charge in [-0.2, -0.15) is 0 Å². The first-order chi connectivity index (χ1) is 13.7. The van der Waals surface area contributed by atoms with Gasteiger partial charge in [-0.15, -0.1) is 0 Å². The minimum absolute atomic E-state index is 0.0569. The lowest BCUT2D eigenvalue weighted by molar-refractivity contribution is -0.119. The van der Waals surface area contributed by atoms with E-state index in [9.17, 15) is 18.0 Å². The van der Waals surface area contributed by atoms with E-state index in [1.807, 2.05) is 0 Å². The molecule has 9 nitrogen and oxygen atoms in total. The third-order valence-electron chi connectivity index (χ3n) is 4.10. The van der Waals surface area contributed by atoms with E-state index in [2.05, 4.69) is 26.6 Å². The molecule has 1 aliphatic rings. The highest BCUT2D eigenvalue weighted by Crippen LogP contribution is 2.39. The number of anilines is 2. The van der Waals surface area contributed by atoms with Crippen LogP contribution in [0.15, 0.2) is 51.8 Å². The predicted octanol–water partition coefficient (Wildman–Crippen LogP) is 2.63. The zero-order chi connectivity index (χ0) is 21.2. The van der Waals surface area contributed by atoms with Gasteiger partial charge in [0.1, 0.15) is 11.9 Å². The molecule has 1 heterocycles. The smallest absolute Gasteiger partial charge is 0.409 e. The fourth-order valence-electron chi connectivity index (χ4n) is 2.86. The molecular formula is C18H18BrN3O6S. The molecule has 0 fully saturated rings. The third kappa shape index (κ3) is 4.80. The Labute approximate surface area is 175 Å². The van der Waals surface area contributed by atoms with Gasteiger partial charge in [0.25, 0.3) is 10.0 Å². The van der Waals surface area contributed by atoms with Crippen LogP contribution in [0.3, 0.4) is 0 Å². The minimum atomic E-state index is -3.98. The second-order valence-corrected chi connectivity index (χ2v) is 9.06. The number of amides is 2. The number of rotatable bonds is 5. The summed E-state index contributed by atoms with van der Waals surface area (Å²) >= 11 is 3.27. The first kappa shape index (κ1) is 20.9. The number of ether oxygens (including phenoxy) is 1. The van der Waals surface area contributed by atoms with Crippen LogP contribution in [0.5, 0.6) is 5.75 Å². The average molecular weight is 484 g/mol. The number of hydrogen-bond acceptors (Lipinski definition) is 5. The Morgan fingerprint density at radius 2 is 2.03 bits per heavy atom. The van der Waals surface area contributed by atoms with Gasteiger partial charge in [0.15, 0.2) is 0 Å². The number of benzene rings is 2. The molecule has 11 heteroatoms. The maximum Gasteiger partial charge on any atom is 0.409 e. The second-order valence-electron chi connectivity index (χ2n) is 6.28. The van der Waals surface area contributed by atoms with Crippen LogP contribution in [0.4, 0.5) is 16.2 Å². The average Bonchev–Trinajstić information content (AvgIpc) is 2.65. The highest BCUT2D eigenvalue weighted by molar-refractivity contribution is 9.10. The molecule has 1 aliphatic heterocycles. The number of halogens is 1. The van der Waals surface area contributed by atoms with Crippen LogP contribution < -0.4 is 19.7 Å². The third-order valence-corrected chi connectivity index (χ3v) is 6.37. The Kier molecular flexibility index (Phi) is 5.99. The molecule has 0 saturated heterocycles. The van der Waals surface area contributed by atoms with Crippen LogP contribution in [0.25, 0.3) is 0 Å². The number of fused-ring (bicyclic) bond motifs is 1. The number of sulfonamides is 1. The summed E-state index contributed by atoms with van der Waals surface area (Å²) in [5.74, 6) is 0.00270. The van der Waals surface area contributed by atoms with Gasteiger partial charge in [0.2, 0.25) is 5.91 Å². The molecule has 1 unspecified atom stereocenters. The molecule has 3 N–H and O–H groups in total. The minimum Gasteiger partial charge on any atom is -0.484 e. The quantitative estimate of drug-likeness (QED) is 0.600. The van der Waals surface area contributed by atoms with Gasteiger partial charge in [0, 0.05) is 17.1 Å². The Morgan fingerprint density at radius 1 is 1.28 bits per heavy atom. The van der Waals surface area contributed by atoms with Crippen LogP contribution in [-0.2, 0) is 14.8 Å². The highest BCUT2D eigenvalue weighted by Gasteiger charge is 2.35. The first-order valence-corrected chi connectivity index (χ1v) is 10.7. The van der Waals surface area contributed by atoms with E-state index >= 15 is 0 Å². The summed E-state index contributed by atoms with van der Waals surface area (Å²) in [6, 6.07) is 10.6. The van der Waals surface area contributed by atoms with Gasteiger partial charge >= 0.3 is 6.09 Å². The molecule has 0 aliphatic carbocycles. The molecule has 0 aromatic heterocycles. The van der Waals surface area contributed by atoms with Crippen molar-refractivity contribution in [1.82, 2.24) is 5.32 Å². The van der Waals surface area contributed by atoms with Crippen molar-refractivity contribution in [2.45, 2.75) is 17.9 Å². The Hall–Kier alpha value is -2.79. The zero-order valence-corrected chi connectivity index (χ0v) is 17.7. The van der Waals surface area contributed by atoms with E-state index < -0.39 is 22.2 Å². The summed E-state index contributed by atoms with van der Waals surface area (Å²) in [6.45, 7) is 1.42. The van der Waals surface area contributed by atoms with Crippen molar-refractivity contribution in [3.05, 3.63) is 46.9 Å². The SMILES string of the molecule is CC(=O)NCC1CN(S(=O)(=O)c2cccc(Br)c2)c2cc(NC(=O)O)ccc2O1. The zero-order valence-electron chi connectivity index (χ0n) is 15.3. The van der Waals surface area contributed by atoms with Crippen LogP contribution in [0.2, 0.25) is 0 Å². The molecule has 0 bridgehead atoms. The first-order valence-electron chi connectivity index (χ1n) is 8.50. The van der Waals surface area contributed by atoms with Gasteiger partial charge < -0.3 is 15.2 Å². The van der Waals surface area contributed by atoms with Crippen LogP contribution >= 0.6 is 15.9 Å². The molecule has 154 valence electrons. The topological polar surface area (TPSA) is 125 Å². The highest BCUT2D eigenvalue weighted by atomic mass is 79.9. The van der Waals surface area contributed by atoms with E-state index in [0.29, 0.717) is 4.47 Å². The summed E-state index contributed by atoms with van der Waals surface area (Å²) in [5, 5.41) is 13.8. The number of carbonyl (C=O) groups excluding carboxylic acids is 1. The fourth-order valence-corrected chi connectivity index (χ4v) is 4.96. The molecule has 3 rings (SSSR count). The second kappa shape index (κ2) is 8.29.